The Morgan fingerprint density at radius 3 is 2.48 bits per heavy atom. The van der Waals surface area contributed by atoms with Gasteiger partial charge in [0.1, 0.15) is 0 Å². The van der Waals surface area contributed by atoms with Crippen molar-refractivity contribution in [3.63, 3.8) is 0 Å². The Bertz CT molecular complexity index is 603. The molecule has 124 valence electrons. The monoisotopic (exact) mass is 319 g/mol. The lowest BCUT2D eigenvalue weighted by molar-refractivity contribution is -0.114. The van der Waals surface area contributed by atoms with Crippen molar-refractivity contribution in [3.05, 3.63) is 29.8 Å². The Kier molecular flexibility index (Phi) is 5.56. The number of carbonyl (C=O) groups is 3. The lowest BCUT2D eigenvalue weighted by Crippen LogP contribution is -2.37. The molecular formula is C16H21N3O4. The lowest BCUT2D eigenvalue weighted by Gasteiger charge is -2.21. The van der Waals surface area contributed by atoms with Gasteiger partial charge >= 0.3 is 6.09 Å². The summed E-state index contributed by atoms with van der Waals surface area (Å²) in [7, 11) is 1.35. The van der Waals surface area contributed by atoms with E-state index in [2.05, 4.69) is 5.32 Å². The molecule has 1 aliphatic heterocycles. The van der Waals surface area contributed by atoms with Crippen LogP contribution >= 0.6 is 0 Å². The Labute approximate surface area is 135 Å². The number of amides is 3. The van der Waals surface area contributed by atoms with E-state index in [-0.39, 0.29) is 17.9 Å². The molecule has 1 aromatic carbocycles. The SMILES string of the molecule is COC(=O)N1CCCN(C(=O)c2cccc(NC(C)=O)c2)CC1. The van der Waals surface area contributed by atoms with Crippen LogP contribution in [0.25, 0.3) is 0 Å². The normalized spacial score (nSPS) is 14.9. The smallest absolute Gasteiger partial charge is 0.409 e. The Morgan fingerprint density at radius 2 is 1.78 bits per heavy atom. The number of ether oxygens (including phenoxy) is 1. The van der Waals surface area contributed by atoms with Crippen molar-refractivity contribution in [2.24, 2.45) is 0 Å². The Hall–Kier alpha value is -2.57. The molecule has 2 rings (SSSR count). The van der Waals surface area contributed by atoms with E-state index in [1.165, 1.54) is 14.0 Å². The van der Waals surface area contributed by atoms with Crippen LogP contribution in [0.2, 0.25) is 0 Å². The molecule has 1 fully saturated rings. The van der Waals surface area contributed by atoms with E-state index in [0.29, 0.717) is 43.9 Å². The second-order valence-corrected chi connectivity index (χ2v) is 5.36. The molecule has 0 radical (unpaired) electrons. The summed E-state index contributed by atoms with van der Waals surface area (Å²) in [6, 6.07) is 6.85. The molecule has 0 unspecified atom stereocenters. The number of hydrogen-bond acceptors (Lipinski definition) is 4. The first-order valence-corrected chi connectivity index (χ1v) is 7.51. The van der Waals surface area contributed by atoms with Crippen molar-refractivity contribution in [1.82, 2.24) is 9.80 Å². The second kappa shape index (κ2) is 7.62. The van der Waals surface area contributed by atoms with Gasteiger partial charge in [-0.2, -0.15) is 0 Å². The van der Waals surface area contributed by atoms with Crippen molar-refractivity contribution in [1.29, 1.82) is 0 Å². The van der Waals surface area contributed by atoms with Gasteiger partial charge in [0, 0.05) is 44.4 Å². The maximum atomic E-state index is 12.6. The molecule has 1 saturated heterocycles. The third-order valence-electron chi connectivity index (χ3n) is 3.65. The molecule has 23 heavy (non-hydrogen) atoms. The van der Waals surface area contributed by atoms with E-state index >= 15 is 0 Å². The predicted octanol–water partition coefficient (Wildman–Crippen LogP) is 1.56. The standard InChI is InChI=1S/C16H21N3O4/c1-12(20)17-14-6-3-5-13(11-14)15(21)18-7-4-8-19(10-9-18)16(22)23-2/h3,5-6,11H,4,7-10H2,1-2H3,(H,17,20). The van der Waals surface area contributed by atoms with Gasteiger partial charge in [-0.25, -0.2) is 4.79 Å². The third kappa shape index (κ3) is 4.45. The Morgan fingerprint density at radius 1 is 1.09 bits per heavy atom. The van der Waals surface area contributed by atoms with Gasteiger partial charge in [-0.15, -0.1) is 0 Å². The first kappa shape index (κ1) is 16.8. The van der Waals surface area contributed by atoms with E-state index in [4.69, 9.17) is 4.74 Å². The van der Waals surface area contributed by atoms with Crippen molar-refractivity contribution < 1.29 is 19.1 Å². The highest BCUT2D eigenvalue weighted by molar-refractivity contribution is 5.96. The van der Waals surface area contributed by atoms with Crippen LogP contribution in [0, 0.1) is 0 Å². The van der Waals surface area contributed by atoms with Gasteiger partial charge in [-0.3, -0.25) is 9.59 Å². The van der Waals surface area contributed by atoms with Gasteiger partial charge in [0.25, 0.3) is 5.91 Å². The molecule has 0 atom stereocenters. The zero-order chi connectivity index (χ0) is 16.8. The quantitative estimate of drug-likeness (QED) is 0.897. The molecule has 0 spiro atoms. The molecular weight excluding hydrogens is 298 g/mol. The van der Waals surface area contributed by atoms with E-state index < -0.39 is 0 Å². The molecule has 1 heterocycles. The number of nitrogens with zero attached hydrogens (tertiary/aromatic N) is 2. The average Bonchev–Trinajstić information content (AvgIpc) is 2.79. The van der Waals surface area contributed by atoms with Gasteiger partial charge in [0.05, 0.1) is 7.11 Å². The summed E-state index contributed by atoms with van der Waals surface area (Å²) >= 11 is 0. The van der Waals surface area contributed by atoms with E-state index in [1.54, 1.807) is 34.1 Å². The molecule has 7 nitrogen and oxygen atoms in total. The lowest BCUT2D eigenvalue weighted by atomic mass is 10.1. The summed E-state index contributed by atoms with van der Waals surface area (Å²) in [6.45, 7) is 3.48. The van der Waals surface area contributed by atoms with Crippen LogP contribution in [0.5, 0.6) is 0 Å². The number of rotatable bonds is 2. The van der Waals surface area contributed by atoms with Crippen molar-refractivity contribution >= 4 is 23.6 Å². The average molecular weight is 319 g/mol. The fourth-order valence-corrected chi connectivity index (χ4v) is 2.55. The zero-order valence-electron chi connectivity index (χ0n) is 13.4. The fraction of sp³-hybridized carbons (Fsp3) is 0.438. The van der Waals surface area contributed by atoms with Crippen LogP contribution in [0.4, 0.5) is 10.5 Å². The molecule has 1 N–H and O–H groups in total. The van der Waals surface area contributed by atoms with Crippen LogP contribution in [-0.4, -0.2) is 61.0 Å². The molecule has 0 bridgehead atoms. The topological polar surface area (TPSA) is 79.0 Å². The van der Waals surface area contributed by atoms with E-state index in [1.807, 2.05) is 0 Å². The van der Waals surface area contributed by atoms with Crippen molar-refractivity contribution in [2.75, 3.05) is 38.6 Å². The summed E-state index contributed by atoms with van der Waals surface area (Å²) in [5.74, 6) is -0.290. The van der Waals surface area contributed by atoms with Gasteiger partial charge < -0.3 is 19.9 Å². The van der Waals surface area contributed by atoms with Gasteiger partial charge in [-0.1, -0.05) is 6.07 Å². The number of nitrogens with one attached hydrogen (secondary N) is 1. The first-order chi connectivity index (χ1) is 11.0. The van der Waals surface area contributed by atoms with Gasteiger partial charge in [0.2, 0.25) is 5.91 Å². The third-order valence-corrected chi connectivity index (χ3v) is 3.65. The van der Waals surface area contributed by atoms with Gasteiger partial charge in [-0.05, 0) is 24.6 Å². The number of anilines is 1. The first-order valence-electron chi connectivity index (χ1n) is 7.51. The Balaban J connectivity index is 2.05. The summed E-state index contributed by atoms with van der Waals surface area (Å²) in [5, 5.41) is 2.67. The molecule has 1 aliphatic rings. The van der Waals surface area contributed by atoms with E-state index in [9.17, 15) is 14.4 Å². The summed E-state index contributed by atoms with van der Waals surface area (Å²) < 4.78 is 4.72. The molecule has 1 aromatic rings. The highest BCUT2D eigenvalue weighted by Crippen LogP contribution is 2.14. The molecule has 0 aromatic heterocycles. The summed E-state index contributed by atoms with van der Waals surface area (Å²) in [4.78, 5) is 38.6. The van der Waals surface area contributed by atoms with Crippen LogP contribution in [0.1, 0.15) is 23.7 Å². The van der Waals surface area contributed by atoms with Crippen molar-refractivity contribution in [2.45, 2.75) is 13.3 Å². The van der Waals surface area contributed by atoms with Crippen LogP contribution in [0.15, 0.2) is 24.3 Å². The summed E-state index contributed by atoms with van der Waals surface area (Å²) in [6.07, 6.45) is 0.332. The highest BCUT2D eigenvalue weighted by Gasteiger charge is 2.23. The number of benzene rings is 1. The highest BCUT2D eigenvalue weighted by atomic mass is 16.5. The molecule has 3 amide bonds. The van der Waals surface area contributed by atoms with Crippen LogP contribution in [0.3, 0.4) is 0 Å². The zero-order valence-corrected chi connectivity index (χ0v) is 13.4. The molecule has 0 saturated carbocycles. The van der Waals surface area contributed by atoms with E-state index in [0.717, 1.165) is 0 Å². The predicted molar refractivity (Wildman–Crippen MR) is 85.2 cm³/mol. The largest absolute Gasteiger partial charge is 0.453 e. The minimum absolute atomic E-state index is 0.107. The minimum atomic E-state index is -0.369. The van der Waals surface area contributed by atoms with Crippen LogP contribution in [-0.2, 0) is 9.53 Å². The van der Waals surface area contributed by atoms with Gasteiger partial charge in [0.15, 0.2) is 0 Å². The number of hydrogen-bond donors (Lipinski definition) is 1. The maximum Gasteiger partial charge on any atom is 0.409 e. The maximum absolute atomic E-state index is 12.6. The second-order valence-electron chi connectivity index (χ2n) is 5.36. The number of carbonyl (C=O) groups excluding carboxylic acids is 3. The molecule has 0 aliphatic carbocycles. The minimum Gasteiger partial charge on any atom is -0.453 e. The van der Waals surface area contributed by atoms with Crippen molar-refractivity contribution in [3.8, 4) is 0 Å². The van der Waals surface area contributed by atoms with Crippen LogP contribution < -0.4 is 5.32 Å². The summed E-state index contributed by atoms with van der Waals surface area (Å²) in [5.41, 5.74) is 1.11. The molecule has 7 heteroatoms. The number of methoxy groups -OCH3 is 1. The fourth-order valence-electron chi connectivity index (χ4n) is 2.55.